The molecule has 1 aliphatic rings. The summed E-state index contributed by atoms with van der Waals surface area (Å²) in [4.78, 5) is 2.55. The van der Waals surface area contributed by atoms with E-state index in [-0.39, 0.29) is 0 Å². The first kappa shape index (κ1) is 13.6. The van der Waals surface area contributed by atoms with Crippen LogP contribution in [-0.2, 0) is 0 Å². The summed E-state index contributed by atoms with van der Waals surface area (Å²) in [6.45, 7) is 12.1. The van der Waals surface area contributed by atoms with E-state index in [0.717, 1.165) is 11.8 Å². The van der Waals surface area contributed by atoms with E-state index in [1.54, 1.807) is 0 Å². The molecule has 1 saturated heterocycles. The molecule has 2 nitrogen and oxygen atoms in total. The molecule has 0 aliphatic carbocycles. The Morgan fingerprint density at radius 2 is 1.78 bits per heavy atom. The van der Waals surface area contributed by atoms with Crippen molar-refractivity contribution in [3.8, 4) is 0 Å². The zero-order valence-corrected chi connectivity index (χ0v) is 12.1. The summed E-state index contributed by atoms with van der Waals surface area (Å²) in [6, 6.07) is 7.15. The highest BCUT2D eigenvalue weighted by Crippen LogP contribution is 2.30. The molecule has 0 radical (unpaired) electrons. The fraction of sp³-hybridized carbons (Fsp3) is 0.625. The zero-order valence-electron chi connectivity index (χ0n) is 12.1. The fourth-order valence-electron chi connectivity index (χ4n) is 2.90. The highest BCUT2D eigenvalue weighted by molar-refractivity contribution is 5.32. The van der Waals surface area contributed by atoms with E-state index in [9.17, 15) is 0 Å². The molecule has 100 valence electrons. The first-order valence-corrected chi connectivity index (χ1v) is 7.04. The van der Waals surface area contributed by atoms with Gasteiger partial charge in [-0.3, -0.25) is 4.90 Å². The van der Waals surface area contributed by atoms with Crippen LogP contribution in [0.5, 0.6) is 0 Å². The molecular weight excluding hydrogens is 220 g/mol. The number of nitrogens with zero attached hydrogens (tertiary/aromatic N) is 1. The summed E-state index contributed by atoms with van der Waals surface area (Å²) < 4.78 is 0. The molecule has 1 aromatic rings. The minimum Gasteiger partial charge on any atom is -0.329 e. The number of nitrogens with two attached hydrogens (primary N) is 1. The van der Waals surface area contributed by atoms with Crippen LogP contribution in [0, 0.1) is 25.7 Å². The van der Waals surface area contributed by atoms with Gasteiger partial charge < -0.3 is 5.73 Å². The molecule has 1 aromatic carbocycles. The second-order valence-corrected chi connectivity index (χ2v) is 6.00. The Hall–Kier alpha value is -0.860. The quantitative estimate of drug-likeness (QED) is 0.888. The molecule has 3 atom stereocenters. The predicted octanol–water partition coefficient (Wildman–Crippen LogP) is 2.89. The number of benzene rings is 1. The van der Waals surface area contributed by atoms with E-state index in [1.165, 1.54) is 29.8 Å². The van der Waals surface area contributed by atoms with Crippen molar-refractivity contribution in [1.29, 1.82) is 0 Å². The van der Waals surface area contributed by atoms with Gasteiger partial charge in [-0.1, -0.05) is 32.0 Å². The van der Waals surface area contributed by atoms with E-state index in [2.05, 4.69) is 50.8 Å². The Morgan fingerprint density at radius 3 is 2.28 bits per heavy atom. The molecule has 18 heavy (non-hydrogen) atoms. The molecule has 0 spiro atoms. The van der Waals surface area contributed by atoms with Gasteiger partial charge >= 0.3 is 0 Å². The third-order valence-corrected chi connectivity index (χ3v) is 4.60. The standard InChI is InChI=1S/C16H26N2/c1-11-5-6-15(7-12(11)2)16(8-17)18-9-13(3)14(4)10-18/h5-7,13-14,16H,8-10,17H2,1-4H3. The number of rotatable bonds is 3. The molecular formula is C16H26N2. The van der Waals surface area contributed by atoms with Gasteiger partial charge in [-0.05, 0) is 42.4 Å². The molecule has 2 rings (SSSR count). The second kappa shape index (κ2) is 5.41. The maximum absolute atomic E-state index is 6.02. The summed E-state index contributed by atoms with van der Waals surface area (Å²) in [6.07, 6.45) is 0. The van der Waals surface area contributed by atoms with Crippen LogP contribution in [0.2, 0.25) is 0 Å². The lowest BCUT2D eigenvalue weighted by Crippen LogP contribution is -2.32. The van der Waals surface area contributed by atoms with E-state index in [1.807, 2.05) is 0 Å². The van der Waals surface area contributed by atoms with Crippen LogP contribution in [-0.4, -0.2) is 24.5 Å². The Balaban J connectivity index is 2.20. The van der Waals surface area contributed by atoms with Crippen molar-refractivity contribution in [2.45, 2.75) is 33.7 Å². The first-order chi connectivity index (χ1) is 8.52. The van der Waals surface area contributed by atoms with Crippen LogP contribution >= 0.6 is 0 Å². The molecule has 0 aromatic heterocycles. The summed E-state index contributed by atoms with van der Waals surface area (Å²) in [5, 5.41) is 0. The smallest absolute Gasteiger partial charge is 0.0470 e. The van der Waals surface area contributed by atoms with Gasteiger partial charge in [-0.25, -0.2) is 0 Å². The SMILES string of the molecule is Cc1ccc(C(CN)N2CC(C)C(C)C2)cc1C. The molecule has 0 bridgehead atoms. The minimum absolute atomic E-state index is 0.386. The molecule has 1 fully saturated rings. The lowest BCUT2D eigenvalue weighted by Gasteiger charge is -2.27. The lowest BCUT2D eigenvalue weighted by molar-refractivity contribution is 0.240. The number of likely N-dealkylation sites (tertiary alicyclic amines) is 1. The maximum atomic E-state index is 6.02. The van der Waals surface area contributed by atoms with Gasteiger partial charge in [-0.15, -0.1) is 0 Å². The largest absolute Gasteiger partial charge is 0.329 e. The monoisotopic (exact) mass is 246 g/mol. The van der Waals surface area contributed by atoms with Crippen LogP contribution in [0.1, 0.15) is 36.6 Å². The van der Waals surface area contributed by atoms with Gasteiger partial charge in [0.25, 0.3) is 0 Å². The van der Waals surface area contributed by atoms with Crippen molar-refractivity contribution in [2.24, 2.45) is 17.6 Å². The molecule has 3 unspecified atom stereocenters. The van der Waals surface area contributed by atoms with Crippen molar-refractivity contribution < 1.29 is 0 Å². The normalized spacial score (nSPS) is 26.5. The van der Waals surface area contributed by atoms with Crippen molar-refractivity contribution in [3.05, 3.63) is 34.9 Å². The second-order valence-electron chi connectivity index (χ2n) is 6.00. The molecule has 1 heterocycles. The predicted molar refractivity (Wildman–Crippen MR) is 77.6 cm³/mol. The van der Waals surface area contributed by atoms with E-state index in [4.69, 9.17) is 5.73 Å². The van der Waals surface area contributed by atoms with Crippen LogP contribution in [0.15, 0.2) is 18.2 Å². The number of hydrogen-bond donors (Lipinski definition) is 1. The van der Waals surface area contributed by atoms with Gasteiger partial charge in [0.15, 0.2) is 0 Å². The highest BCUT2D eigenvalue weighted by atomic mass is 15.2. The summed E-state index contributed by atoms with van der Waals surface area (Å²) in [7, 11) is 0. The summed E-state index contributed by atoms with van der Waals surface area (Å²) in [5.41, 5.74) is 10.1. The van der Waals surface area contributed by atoms with Crippen molar-refractivity contribution in [1.82, 2.24) is 4.90 Å². The van der Waals surface area contributed by atoms with Crippen LogP contribution in [0.4, 0.5) is 0 Å². The van der Waals surface area contributed by atoms with Gasteiger partial charge in [-0.2, -0.15) is 0 Å². The molecule has 0 saturated carbocycles. The van der Waals surface area contributed by atoms with Gasteiger partial charge in [0.1, 0.15) is 0 Å². The average Bonchev–Trinajstić information content (AvgIpc) is 2.65. The average molecular weight is 246 g/mol. The Morgan fingerprint density at radius 1 is 1.17 bits per heavy atom. The van der Waals surface area contributed by atoms with Crippen molar-refractivity contribution in [2.75, 3.05) is 19.6 Å². The lowest BCUT2D eigenvalue weighted by atomic mass is 10.00. The third kappa shape index (κ3) is 2.60. The first-order valence-electron chi connectivity index (χ1n) is 7.04. The van der Waals surface area contributed by atoms with Crippen LogP contribution in [0.25, 0.3) is 0 Å². The summed E-state index contributed by atoms with van der Waals surface area (Å²) >= 11 is 0. The third-order valence-electron chi connectivity index (χ3n) is 4.60. The van der Waals surface area contributed by atoms with Gasteiger partial charge in [0, 0.05) is 25.7 Å². The van der Waals surface area contributed by atoms with Crippen molar-refractivity contribution in [3.63, 3.8) is 0 Å². The minimum atomic E-state index is 0.386. The topological polar surface area (TPSA) is 29.3 Å². The van der Waals surface area contributed by atoms with Gasteiger partial charge in [0.05, 0.1) is 0 Å². The molecule has 1 aliphatic heterocycles. The summed E-state index contributed by atoms with van der Waals surface area (Å²) in [5.74, 6) is 1.57. The number of hydrogen-bond acceptors (Lipinski definition) is 2. The Labute approximate surface area is 111 Å². The maximum Gasteiger partial charge on any atom is 0.0470 e. The Bertz CT molecular complexity index is 404. The van der Waals surface area contributed by atoms with E-state index < -0.39 is 0 Å². The van der Waals surface area contributed by atoms with Crippen LogP contribution < -0.4 is 5.73 Å². The van der Waals surface area contributed by atoms with Crippen LogP contribution in [0.3, 0.4) is 0 Å². The van der Waals surface area contributed by atoms with Crippen molar-refractivity contribution >= 4 is 0 Å². The zero-order chi connectivity index (χ0) is 13.3. The Kier molecular flexibility index (Phi) is 4.08. The fourth-order valence-corrected chi connectivity index (χ4v) is 2.90. The number of aryl methyl sites for hydroxylation is 2. The highest BCUT2D eigenvalue weighted by Gasteiger charge is 2.31. The van der Waals surface area contributed by atoms with E-state index >= 15 is 0 Å². The van der Waals surface area contributed by atoms with Gasteiger partial charge in [0.2, 0.25) is 0 Å². The molecule has 2 N–H and O–H groups in total. The molecule has 2 heteroatoms. The van der Waals surface area contributed by atoms with E-state index in [0.29, 0.717) is 12.6 Å². The molecule has 0 amide bonds.